The van der Waals surface area contributed by atoms with Gasteiger partial charge in [-0.15, -0.1) is 0 Å². The van der Waals surface area contributed by atoms with Gasteiger partial charge in [-0.3, -0.25) is 4.79 Å². The quantitative estimate of drug-likeness (QED) is 0.448. The molecule has 0 aliphatic rings. The molecule has 14 heavy (non-hydrogen) atoms. The molecule has 3 heteroatoms. The van der Waals surface area contributed by atoms with Gasteiger partial charge < -0.3 is 9.47 Å². The summed E-state index contributed by atoms with van der Waals surface area (Å²) in [6.07, 6.45) is 3.62. The summed E-state index contributed by atoms with van der Waals surface area (Å²) in [6.45, 7) is 5.82. The molecule has 84 valence electrons. The standard InChI is InChI=1S/C11H22O3/c1-4-6-10(2)9-14-8-5-7-11(12)13-3/h10H,4-9H2,1-3H3. The van der Waals surface area contributed by atoms with Crippen molar-refractivity contribution in [3.05, 3.63) is 0 Å². The van der Waals surface area contributed by atoms with Crippen molar-refractivity contribution in [1.82, 2.24) is 0 Å². The van der Waals surface area contributed by atoms with Gasteiger partial charge >= 0.3 is 5.97 Å². The Bertz CT molecular complexity index is 145. The molecule has 0 bridgehead atoms. The summed E-state index contributed by atoms with van der Waals surface area (Å²) >= 11 is 0. The third-order valence-electron chi connectivity index (χ3n) is 2.08. The van der Waals surface area contributed by atoms with E-state index in [9.17, 15) is 4.79 Å². The maximum atomic E-state index is 10.7. The van der Waals surface area contributed by atoms with Crippen molar-refractivity contribution < 1.29 is 14.3 Å². The van der Waals surface area contributed by atoms with Crippen molar-refractivity contribution in [2.24, 2.45) is 5.92 Å². The number of rotatable bonds is 8. The predicted molar refractivity (Wildman–Crippen MR) is 56.1 cm³/mol. The van der Waals surface area contributed by atoms with Crippen LogP contribution in [0.4, 0.5) is 0 Å². The van der Waals surface area contributed by atoms with Gasteiger partial charge in [0.25, 0.3) is 0 Å². The first kappa shape index (κ1) is 13.4. The third kappa shape index (κ3) is 8.05. The zero-order chi connectivity index (χ0) is 10.8. The second-order valence-electron chi connectivity index (χ2n) is 3.65. The first-order valence-electron chi connectivity index (χ1n) is 5.35. The molecule has 0 saturated heterocycles. The second kappa shape index (κ2) is 9.00. The summed E-state index contributed by atoms with van der Waals surface area (Å²) in [5.74, 6) is 0.466. The van der Waals surface area contributed by atoms with E-state index >= 15 is 0 Å². The number of hydrogen-bond donors (Lipinski definition) is 0. The lowest BCUT2D eigenvalue weighted by molar-refractivity contribution is -0.141. The molecule has 0 amide bonds. The van der Waals surface area contributed by atoms with Crippen LogP contribution in [0, 0.1) is 5.92 Å². The Morgan fingerprint density at radius 2 is 2.14 bits per heavy atom. The summed E-state index contributed by atoms with van der Waals surface area (Å²) in [6, 6.07) is 0. The van der Waals surface area contributed by atoms with Gasteiger partial charge in [0.15, 0.2) is 0 Å². The first-order valence-corrected chi connectivity index (χ1v) is 5.35. The molecule has 0 saturated carbocycles. The minimum atomic E-state index is -0.157. The van der Waals surface area contributed by atoms with Gasteiger partial charge in [-0.25, -0.2) is 0 Å². The lowest BCUT2D eigenvalue weighted by Crippen LogP contribution is -2.08. The Labute approximate surface area is 86.8 Å². The van der Waals surface area contributed by atoms with Crippen molar-refractivity contribution in [2.45, 2.75) is 39.5 Å². The molecule has 1 atom stereocenters. The molecule has 0 aromatic heterocycles. The van der Waals surface area contributed by atoms with Crippen molar-refractivity contribution in [2.75, 3.05) is 20.3 Å². The van der Waals surface area contributed by atoms with E-state index in [4.69, 9.17) is 4.74 Å². The first-order chi connectivity index (χ1) is 6.70. The largest absolute Gasteiger partial charge is 0.469 e. The molecule has 0 rings (SSSR count). The fraction of sp³-hybridized carbons (Fsp3) is 0.909. The molecular formula is C11H22O3. The second-order valence-corrected chi connectivity index (χ2v) is 3.65. The highest BCUT2D eigenvalue weighted by atomic mass is 16.5. The number of hydrogen-bond acceptors (Lipinski definition) is 3. The molecular weight excluding hydrogens is 180 g/mol. The van der Waals surface area contributed by atoms with Gasteiger partial charge in [-0.05, 0) is 18.8 Å². The van der Waals surface area contributed by atoms with Crippen LogP contribution in [0.15, 0.2) is 0 Å². The average molecular weight is 202 g/mol. The molecule has 0 spiro atoms. The Balaban J connectivity index is 3.17. The minimum absolute atomic E-state index is 0.157. The Morgan fingerprint density at radius 1 is 1.43 bits per heavy atom. The maximum absolute atomic E-state index is 10.7. The van der Waals surface area contributed by atoms with Crippen LogP contribution in [0.1, 0.15) is 39.5 Å². The fourth-order valence-corrected chi connectivity index (χ4v) is 1.28. The van der Waals surface area contributed by atoms with Crippen LogP contribution >= 0.6 is 0 Å². The van der Waals surface area contributed by atoms with Gasteiger partial charge in [-0.1, -0.05) is 20.3 Å². The molecule has 0 N–H and O–H groups in total. The van der Waals surface area contributed by atoms with Gasteiger partial charge in [-0.2, -0.15) is 0 Å². The Kier molecular flexibility index (Phi) is 8.64. The molecule has 0 aromatic carbocycles. The van der Waals surface area contributed by atoms with Crippen molar-refractivity contribution in [3.63, 3.8) is 0 Å². The molecule has 1 unspecified atom stereocenters. The number of carbonyl (C=O) groups is 1. The van der Waals surface area contributed by atoms with Crippen LogP contribution in [0.5, 0.6) is 0 Å². The van der Waals surface area contributed by atoms with E-state index in [0.717, 1.165) is 13.0 Å². The molecule has 0 heterocycles. The summed E-state index contributed by atoms with van der Waals surface area (Å²) in [5.41, 5.74) is 0. The Hall–Kier alpha value is -0.570. The fourth-order valence-electron chi connectivity index (χ4n) is 1.28. The smallest absolute Gasteiger partial charge is 0.305 e. The van der Waals surface area contributed by atoms with Gasteiger partial charge in [0.05, 0.1) is 7.11 Å². The third-order valence-corrected chi connectivity index (χ3v) is 2.08. The monoisotopic (exact) mass is 202 g/mol. The van der Waals surface area contributed by atoms with E-state index < -0.39 is 0 Å². The van der Waals surface area contributed by atoms with E-state index in [0.29, 0.717) is 18.9 Å². The van der Waals surface area contributed by atoms with E-state index in [-0.39, 0.29) is 5.97 Å². The van der Waals surface area contributed by atoms with Crippen LogP contribution in [-0.2, 0) is 14.3 Å². The van der Waals surface area contributed by atoms with Crippen molar-refractivity contribution >= 4 is 5.97 Å². The van der Waals surface area contributed by atoms with E-state index in [1.807, 2.05) is 0 Å². The SMILES string of the molecule is CCCC(C)COCCCC(=O)OC. The average Bonchev–Trinajstić information content (AvgIpc) is 2.17. The van der Waals surface area contributed by atoms with Crippen molar-refractivity contribution in [1.29, 1.82) is 0 Å². The highest BCUT2D eigenvalue weighted by Crippen LogP contribution is 2.05. The number of methoxy groups -OCH3 is 1. The van der Waals surface area contributed by atoms with Crippen LogP contribution in [0.3, 0.4) is 0 Å². The summed E-state index contributed by atoms with van der Waals surface area (Å²) in [7, 11) is 1.41. The van der Waals surface area contributed by atoms with Crippen LogP contribution in [0.2, 0.25) is 0 Å². The number of esters is 1. The van der Waals surface area contributed by atoms with Gasteiger partial charge in [0.1, 0.15) is 0 Å². The van der Waals surface area contributed by atoms with Gasteiger partial charge in [0, 0.05) is 19.6 Å². The van der Waals surface area contributed by atoms with E-state index in [1.165, 1.54) is 20.0 Å². The lowest BCUT2D eigenvalue weighted by atomic mass is 10.1. The van der Waals surface area contributed by atoms with Crippen LogP contribution in [-0.4, -0.2) is 26.3 Å². The van der Waals surface area contributed by atoms with E-state index in [2.05, 4.69) is 18.6 Å². The molecule has 0 radical (unpaired) electrons. The zero-order valence-corrected chi connectivity index (χ0v) is 9.54. The highest BCUT2D eigenvalue weighted by Gasteiger charge is 2.02. The van der Waals surface area contributed by atoms with E-state index in [1.54, 1.807) is 0 Å². The minimum Gasteiger partial charge on any atom is -0.469 e. The van der Waals surface area contributed by atoms with Gasteiger partial charge in [0.2, 0.25) is 0 Å². The summed E-state index contributed by atoms with van der Waals surface area (Å²) < 4.78 is 9.96. The topological polar surface area (TPSA) is 35.5 Å². The summed E-state index contributed by atoms with van der Waals surface area (Å²) in [5, 5.41) is 0. The Morgan fingerprint density at radius 3 is 2.71 bits per heavy atom. The molecule has 0 fully saturated rings. The lowest BCUT2D eigenvalue weighted by Gasteiger charge is -2.10. The maximum Gasteiger partial charge on any atom is 0.305 e. The highest BCUT2D eigenvalue weighted by molar-refractivity contribution is 5.68. The number of carbonyl (C=O) groups excluding carboxylic acids is 1. The predicted octanol–water partition coefficient (Wildman–Crippen LogP) is 2.39. The zero-order valence-electron chi connectivity index (χ0n) is 9.54. The normalized spacial score (nSPS) is 12.5. The summed E-state index contributed by atoms with van der Waals surface area (Å²) in [4.78, 5) is 10.7. The molecule has 0 aliphatic heterocycles. The molecule has 0 aromatic rings. The molecule has 0 aliphatic carbocycles. The molecule has 3 nitrogen and oxygen atoms in total. The van der Waals surface area contributed by atoms with Crippen LogP contribution in [0.25, 0.3) is 0 Å². The number of ether oxygens (including phenoxy) is 2. The van der Waals surface area contributed by atoms with Crippen molar-refractivity contribution in [3.8, 4) is 0 Å². The van der Waals surface area contributed by atoms with Crippen LogP contribution < -0.4 is 0 Å².